The van der Waals surface area contributed by atoms with Gasteiger partial charge < -0.3 is 4.74 Å². The number of methoxy groups -OCH3 is 1. The number of carbonyl (C=O) groups is 2. The lowest BCUT2D eigenvalue weighted by atomic mass is 10.1. The van der Waals surface area contributed by atoms with E-state index in [2.05, 4.69) is 26.0 Å². The number of hydrazone groups is 1. The van der Waals surface area contributed by atoms with E-state index >= 15 is 0 Å². The molecule has 0 N–H and O–H groups in total. The number of carbonyl (C=O) groups excluding carboxylic acids is 2. The van der Waals surface area contributed by atoms with Crippen LogP contribution in [0.1, 0.15) is 35.6 Å². The molecule has 0 saturated carbocycles. The van der Waals surface area contributed by atoms with Crippen LogP contribution in [0, 0.1) is 0 Å². The Morgan fingerprint density at radius 3 is 2.29 bits per heavy atom. The van der Waals surface area contributed by atoms with E-state index in [1.165, 1.54) is 30.6 Å². The van der Waals surface area contributed by atoms with E-state index in [9.17, 15) is 9.59 Å². The van der Waals surface area contributed by atoms with Crippen molar-refractivity contribution in [2.45, 2.75) is 25.3 Å². The van der Waals surface area contributed by atoms with Gasteiger partial charge >= 0.3 is 0 Å². The molecule has 0 aliphatic carbocycles. The van der Waals surface area contributed by atoms with Gasteiger partial charge in [-0.25, -0.2) is 4.98 Å². The highest BCUT2D eigenvalue weighted by Crippen LogP contribution is 2.39. The molecule has 0 radical (unpaired) electrons. The summed E-state index contributed by atoms with van der Waals surface area (Å²) in [6.45, 7) is 2.92. The van der Waals surface area contributed by atoms with Crippen molar-refractivity contribution in [3.8, 4) is 5.75 Å². The van der Waals surface area contributed by atoms with Gasteiger partial charge in [0.25, 0.3) is 0 Å². The molecule has 31 heavy (non-hydrogen) atoms. The molecular formula is C22H19BrN4O3S. The van der Waals surface area contributed by atoms with Crippen LogP contribution in [0.2, 0.25) is 0 Å². The van der Waals surface area contributed by atoms with Crippen LogP contribution in [0.5, 0.6) is 5.75 Å². The van der Waals surface area contributed by atoms with E-state index in [1.807, 2.05) is 48.5 Å². The van der Waals surface area contributed by atoms with Gasteiger partial charge in [-0.15, -0.1) is 0 Å². The summed E-state index contributed by atoms with van der Waals surface area (Å²) >= 11 is 4.76. The number of imidazole rings is 1. The second kappa shape index (κ2) is 8.68. The van der Waals surface area contributed by atoms with Crippen LogP contribution in [0.3, 0.4) is 0 Å². The highest BCUT2D eigenvalue weighted by molar-refractivity contribution is 9.10. The van der Waals surface area contributed by atoms with E-state index in [4.69, 9.17) is 4.74 Å². The van der Waals surface area contributed by atoms with Gasteiger partial charge in [0, 0.05) is 30.3 Å². The number of rotatable bonds is 4. The number of nitrogens with zero attached hydrogens (tertiary/aromatic N) is 4. The number of ether oxygens (including phenoxy) is 1. The Hall–Kier alpha value is -2.91. The van der Waals surface area contributed by atoms with Crippen molar-refractivity contribution < 1.29 is 14.3 Å². The zero-order chi connectivity index (χ0) is 22.1. The van der Waals surface area contributed by atoms with Crippen LogP contribution in [0.25, 0.3) is 0 Å². The van der Waals surface area contributed by atoms with Crippen LogP contribution in [-0.4, -0.2) is 33.5 Å². The lowest BCUT2D eigenvalue weighted by Crippen LogP contribution is -2.28. The molecular weight excluding hydrogens is 480 g/mol. The van der Waals surface area contributed by atoms with Gasteiger partial charge in [0.05, 0.1) is 7.11 Å². The normalized spacial score (nSPS) is 12.9. The first-order valence-electron chi connectivity index (χ1n) is 9.46. The highest BCUT2D eigenvalue weighted by Gasteiger charge is 2.32. The summed E-state index contributed by atoms with van der Waals surface area (Å²) in [6.07, 6.45) is 0.427. The van der Waals surface area contributed by atoms with Crippen molar-refractivity contribution in [3.63, 3.8) is 0 Å². The number of aromatic nitrogens is 2. The summed E-state index contributed by atoms with van der Waals surface area (Å²) in [4.78, 5) is 29.6. The summed E-state index contributed by atoms with van der Waals surface area (Å²) in [5, 5.41) is 6.98. The Kier molecular flexibility index (Phi) is 5.97. The minimum absolute atomic E-state index is 0.176. The zero-order valence-electron chi connectivity index (χ0n) is 17.1. The first-order valence-corrected chi connectivity index (χ1v) is 11.1. The molecule has 0 unspecified atom stereocenters. The minimum atomic E-state index is -0.277. The van der Waals surface area contributed by atoms with Crippen molar-refractivity contribution >= 4 is 50.4 Å². The van der Waals surface area contributed by atoms with Gasteiger partial charge in [-0.3, -0.25) is 14.2 Å². The van der Waals surface area contributed by atoms with Gasteiger partial charge in [-0.2, -0.15) is 10.1 Å². The molecule has 3 aromatic rings. The van der Waals surface area contributed by atoms with Crippen molar-refractivity contribution in [2.75, 3.05) is 12.1 Å². The molecule has 9 heteroatoms. The van der Waals surface area contributed by atoms with Crippen LogP contribution < -0.4 is 9.75 Å². The fourth-order valence-electron chi connectivity index (χ4n) is 3.21. The van der Waals surface area contributed by atoms with Gasteiger partial charge in [-0.05, 0) is 41.6 Å². The minimum Gasteiger partial charge on any atom is -0.497 e. The Balaban J connectivity index is 1.77. The second-order valence-electron chi connectivity index (χ2n) is 6.88. The molecule has 1 aliphatic heterocycles. The molecule has 7 nitrogen and oxygen atoms in total. The Morgan fingerprint density at radius 1 is 1.03 bits per heavy atom. The smallest absolute Gasteiger partial charge is 0.245 e. The number of hydrogen-bond donors (Lipinski definition) is 0. The summed E-state index contributed by atoms with van der Waals surface area (Å²) in [6, 6.07) is 15.2. The van der Waals surface area contributed by atoms with Crippen molar-refractivity contribution in [2.24, 2.45) is 5.10 Å². The quantitative estimate of drug-likeness (QED) is 0.519. The average Bonchev–Trinajstić information content (AvgIpc) is 3.12. The third-order valence-electron chi connectivity index (χ3n) is 4.70. The maximum Gasteiger partial charge on any atom is 0.245 e. The Labute approximate surface area is 192 Å². The number of hydrogen-bond acceptors (Lipinski definition) is 6. The van der Waals surface area contributed by atoms with Crippen LogP contribution >= 0.6 is 27.7 Å². The number of benzene rings is 2. The SMILES string of the molecule is COc1ccc(Cc2nc3c(n2C(C)=O)SC(c2ccc(Br)cc2)=NN3C(C)=O)cc1. The highest BCUT2D eigenvalue weighted by atomic mass is 79.9. The number of anilines is 1. The zero-order valence-corrected chi connectivity index (χ0v) is 19.5. The average molecular weight is 499 g/mol. The van der Waals surface area contributed by atoms with E-state index < -0.39 is 0 Å². The van der Waals surface area contributed by atoms with Crippen LogP contribution in [0.15, 0.2) is 63.1 Å². The second-order valence-corrected chi connectivity index (χ2v) is 8.77. The fourth-order valence-corrected chi connectivity index (χ4v) is 4.59. The number of thioether (sulfide) groups is 1. The largest absolute Gasteiger partial charge is 0.497 e. The molecule has 1 amide bonds. The topological polar surface area (TPSA) is 76.8 Å². The summed E-state index contributed by atoms with van der Waals surface area (Å²) < 4.78 is 7.71. The molecule has 4 rings (SSSR count). The predicted molar refractivity (Wildman–Crippen MR) is 124 cm³/mol. The van der Waals surface area contributed by atoms with Gasteiger partial charge in [0.15, 0.2) is 5.82 Å². The first kappa shape index (κ1) is 21.3. The molecule has 0 atom stereocenters. The lowest BCUT2D eigenvalue weighted by molar-refractivity contribution is -0.116. The van der Waals surface area contributed by atoms with Crippen molar-refractivity contribution in [3.05, 3.63) is 70.0 Å². The van der Waals surface area contributed by atoms with Gasteiger partial charge in [0.2, 0.25) is 11.8 Å². The molecule has 0 bridgehead atoms. The molecule has 158 valence electrons. The molecule has 2 aromatic carbocycles. The Bertz CT molecular complexity index is 1190. The first-order chi connectivity index (χ1) is 14.9. The lowest BCUT2D eigenvalue weighted by Gasteiger charge is -2.21. The van der Waals surface area contributed by atoms with E-state index in [1.54, 1.807) is 11.7 Å². The van der Waals surface area contributed by atoms with E-state index in [0.29, 0.717) is 28.1 Å². The maximum atomic E-state index is 12.6. The monoisotopic (exact) mass is 498 g/mol. The van der Waals surface area contributed by atoms with E-state index in [-0.39, 0.29) is 11.8 Å². The Morgan fingerprint density at radius 2 is 1.71 bits per heavy atom. The standard InChI is InChI=1S/C22H19BrN4O3S/c1-13(28)26-19(12-15-4-10-18(30-3)11-5-15)24-20-22(26)31-21(25-27(20)14(2)29)16-6-8-17(23)9-7-16/h4-11H,12H2,1-3H3. The third kappa shape index (κ3) is 4.28. The van der Waals surface area contributed by atoms with Gasteiger partial charge in [-0.1, -0.05) is 40.2 Å². The summed E-state index contributed by atoms with van der Waals surface area (Å²) in [5.41, 5.74) is 1.82. The van der Waals surface area contributed by atoms with Crippen LogP contribution in [-0.2, 0) is 11.2 Å². The molecule has 1 aliphatic rings. The molecule has 0 saturated heterocycles. The summed E-state index contributed by atoms with van der Waals surface area (Å²) in [7, 11) is 1.61. The predicted octanol–water partition coefficient (Wildman–Crippen LogP) is 4.73. The number of fused-ring (bicyclic) bond motifs is 1. The maximum absolute atomic E-state index is 12.6. The molecule has 0 fully saturated rings. The van der Waals surface area contributed by atoms with E-state index in [0.717, 1.165) is 21.3 Å². The van der Waals surface area contributed by atoms with Crippen molar-refractivity contribution in [1.29, 1.82) is 0 Å². The molecule has 2 heterocycles. The molecule has 0 spiro atoms. The van der Waals surface area contributed by atoms with Crippen molar-refractivity contribution in [1.82, 2.24) is 9.55 Å². The van der Waals surface area contributed by atoms with Gasteiger partial charge in [0.1, 0.15) is 21.6 Å². The summed E-state index contributed by atoms with van der Waals surface area (Å²) in [5.74, 6) is 1.22. The molecule has 1 aromatic heterocycles. The fraction of sp³-hybridized carbons (Fsp3) is 0.182. The third-order valence-corrected chi connectivity index (χ3v) is 6.30. The van der Waals surface area contributed by atoms with Crippen LogP contribution in [0.4, 0.5) is 5.82 Å². The number of amides is 1. The number of halogens is 1.